The molecule has 0 aliphatic heterocycles. The van der Waals surface area contributed by atoms with Crippen molar-refractivity contribution in [1.82, 2.24) is 15.6 Å². The first-order valence-electron chi connectivity index (χ1n) is 5.50. The van der Waals surface area contributed by atoms with Crippen molar-refractivity contribution in [3.05, 3.63) is 15.6 Å². The largest absolute Gasteiger partial charge is 0.315 e. The van der Waals surface area contributed by atoms with E-state index in [2.05, 4.69) is 43.3 Å². The average Bonchev–Trinajstić information content (AvgIpc) is 2.51. The standard InChI is InChI=1S/C11H21N3S/c1-5-12-6-8(2)13-7-11-9(3)14-10(4)15-11/h8,12-13H,5-7H2,1-4H3. The fourth-order valence-electron chi connectivity index (χ4n) is 1.44. The van der Waals surface area contributed by atoms with Crippen molar-refractivity contribution in [3.63, 3.8) is 0 Å². The molecule has 0 aromatic carbocycles. The van der Waals surface area contributed by atoms with Crippen LogP contribution in [0.4, 0.5) is 0 Å². The van der Waals surface area contributed by atoms with Crippen molar-refractivity contribution in [1.29, 1.82) is 0 Å². The third-order valence-corrected chi connectivity index (χ3v) is 3.38. The maximum Gasteiger partial charge on any atom is 0.0900 e. The molecule has 1 heterocycles. The molecular formula is C11H21N3S. The summed E-state index contributed by atoms with van der Waals surface area (Å²) in [5, 5.41) is 7.98. The van der Waals surface area contributed by atoms with Gasteiger partial charge in [-0.3, -0.25) is 0 Å². The number of aryl methyl sites for hydroxylation is 2. The molecule has 1 aromatic heterocycles. The second kappa shape index (κ2) is 6.20. The van der Waals surface area contributed by atoms with Gasteiger partial charge in [0.05, 0.1) is 10.7 Å². The number of nitrogens with zero attached hydrogens (tertiary/aromatic N) is 1. The normalized spacial score (nSPS) is 13.1. The van der Waals surface area contributed by atoms with E-state index in [4.69, 9.17) is 0 Å². The lowest BCUT2D eigenvalue weighted by atomic mass is 10.3. The first-order valence-corrected chi connectivity index (χ1v) is 6.32. The van der Waals surface area contributed by atoms with Crippen LogP contribution < -0.4 is 10.6 Å². The molecule has 0 fully saturated rings. The molecule has 0 saturated carbocycles. The first kappa shape index (κ1) is 12.6. The molecule has 1 rings (SSSR count). The molecule has 1 aromatic rings. The fourth-order valence-corrected chi connectivity index (χ4v) is 2.33. The number of hydrogen-bond donors (Lipinski definition) is 2. The molecule has 15 heavy (non-hydrogen) atoms. The van der Waals surface area contributed by atoms with Gasteiger partial charge in [-0.05, 0) is 27.3 Å². The summed E-state index contributed by atoms with van der Waals surface area (Å²) in [6.45, 7) is 11.5. The lowest BCUT2D eigenvalue weighted by molar-refractivity contribution is 0.510. The predicted octanol–water partition coefficient (Wildman–Crippen LogP) is 1.85. The van der Waals surface area contributed by atoms with Gasteiger partial charge in [0, 0.05) is 24.0 Å². The number of thiazole rings is 1. The summed E-state index contributed by atoms with van der Waals surface area (Å²) < 4.78 is 0. The van der Waals surface area contributed by atoms with Gasteiger partial charge in [0.1, 0.15) is 0 Å². The molecule has 0 spiro atoms. The summed E-state index contributed by atoms with van der Waals surface area (Å²) >= 11 is 1.79. The van der Waals surface area contributed by atoms with E-state index >= 15 is 0 Å². The zero-order valence-electron chi connectivity index (χ0n) is 10.1. The molecule has 0 bridgehead atoms. The highest BCUT2D eigenvalue weighted by Crippen LogP contribution is 2.16. The first-order chi connectivity index (χ1) is 7.13. The van der Waals surface area contributed by atoms with Crippen molar-refractivity contribution < 1.29 is 0 Å². The smallest absolute Gasteiger partial charge is 0.0900 e. The van der Waals surface area contributed by atoms with E-state index in [1.165, 1.54) is 10.6 Å². The average molecular weight is 227 g/mol. The van der Waals surface area contributed by atoms with Gasteiger partial charge in [0.2, 0.25) is 0 Å². The third-order valence-electron chi connectivity index (χ3n) is 2.31. The van der Waals surface area contributed by atoms with Crippen molar-refractivity contribution in [3.8, 4) is 0 Å². The molecule has 4 heteroatoms. The Morgan fingerprint density at radius 3 is 2.67 bits per heavy atom. The Kier molecular flexibility index (Phi) is 5.22. The Hall–Kier alpha value is -0.450. The predicted molar refractivity (Wildman–Crippen MR) is 66.4 cm³/mol. The van der Waals surface area contributed by atoms with Crippen LogP contribution in [0.1, 0.15) is 29.4 Å². The van der Waals surface area contributed by atoms with Crippen LogP contribution in [0.3, 0.4) is 0 Å². The molecule has 0 amide bonds. The topological polar surface area (TPSA) is 37.0 Å². The van der Waals surface area contributed by atoms with Gasteiger partial charge < -0.3 is 10.6 Å². The molecular weight excluding hydrogens is 206 g/mol. The van der Waals surface area contributed by atoms with Crippen LogP contribution >= 0.6 is 11.3 Å². The summed E-state index contributed by atoms with van der Waals surface area (Å²) in [5.41, 5.74) is 1.17. The fraction of sp³-hybridized carbons (Fsp3) is 0.727. The van der Waals surface area contributed by atoms with E-state index in [1.54, 1.807) is 11.3 Å². The molecule has 2 N–H and O–H groups in total. The van der Waals surface area contributed by atoms with Gasteiger partial charge in [0.15, 0.2) is 0 Å². The van der Waals surface area contributed by atoms with Crippen LogP contribution in [-0.2, 0) is 6.54 Å². The lowest BCUT2D eigenvalue weighted by Crippen LogP contribution is -2.35. The van der Waals surface area contributed by atoms with Crippen LogP contribution in [-0.4, -0.2) is 24.1 Å². The van der Waals surface area contributed by atoms with E-state index in [0.29, 0.717) is 6.04 Å². The zero-order chi connectivity index (χ0) is 11.3. The van der Waals surface area contributed by atoms with Gasteiger partial charge in [-0.15, -0.1) is 11.3 Å². The van der Waals surface area contributed by atoms with Gasteiger partial charge in [-0.25, -0.2) is 4.98 Å². The number of hydrogen-bond acceptors (Lipinski definition) is 4. The third kappa shape index (κ3) is 4.28. The Bertz CT molecular complexity index is 296. The zero-order valence-corrected chi connectivity index (χ0v) is 10.9. The molecule has 0 aliphatic carbocycles. The number of likely N-dealkylation sites (N-methyl/N-ethyl adjacent to an activating group) is 1. The number of aromatic nitrogens is 1. The maximum absolute atomic E-state index is 4.41. The molecule has 1 atom stereocenters. The SMILES string of the molecule is CCNCC(C)NCc1sc(C)nc1C. The minimum atomic E-state index is 0.506. The highest BCUT2D eigenvalue weighted by Gasteiger charge is 2.06. The highest BCUT2D eigenvalue weighted by atomic mass is 32.1. The van der Waals surface area contributed by atoms with Crippen LogP contribution in [0, 0.1) is 13.8 Å². The molecule has 0 aliphatic rings. The summed E-state index contributed by atoms with van der Waals surface area (Å²) in [6, 6.07) is 0.506. The minimum Gasteiger partial charge on any atom is -0.315 e. The quantitative estimate of drug-likeness (QED) is 0.779. The molecule has 86 valence electrons. The lowest BCUT2D eigenvalue weighted by Gasteiger charge is -2.13. The van der Waals surface area contributed by atoms with Crippen LogP contribution in [0.2, 0.25) is 0 Å². The Balaban J connectivity index is 2.33. The summed E-state index contributed by atoms with van der Waals surface area (Å²) in [7, 11) is 0. The van der Waals surface area contributed by atoms with Gasteiger partial charge >= 0.3 is 0 Å². The maximum atomic E-state index is 4.41. The molecule has 0 saturated heterocycles. The van der Waals surface area contributed by atoms with E-state index < -0.39 is 0 Å². The minimum absolute atomic E-state index is 0.506. The Morgan fingerprint density at radius 2 is 2.13 bits per heavy atom. The summed E-state index contributed by atoms with van der Waals surface area (Å²) in [6.07, 6.45) is 0. The second-order valence-electron chi connectivity index (χ2n) is 3.83. The second-order valence-corrected chi connectivity index (χ2v) is 5.12. The van der Waals surface area contributed by atoms with Crippen LogP contribution in [0.25, 0.3) is 0 Å². The van der Waals surface area contributed by atoms with E-state index in [9.17, 15) is 0 Å². The summed E-state index contributed by atoms with van der Waals surface area (Å²) in [5.74, 6) is 0. The van der Waals surface area contributed by atoms with E-state index in [1.807, 2.05) is 0 Å². The highest BCUT2D eigenvalue weighted by molar-refractivity contribution is 7.11. The van der Waals surface area contributed by atoms with Crippen molar-refractivity contribution in [2.75, 3.05) is 13.1 Å². The van der Waals surface area contributed by atoms with E-state index in [0.717, 1.165) is 24.6 Å². The van der Waals surface area contributed by atoms with Crippen molar-refractivity contribution in [2.45, 2.75) is 40.3 Å². The van der Waals surface area contributed by atoms with Crippen molar-refractivity contribution >= 4 is 11.3 Å². The van der Waals surface area contributed by atoms with Gasteiger partial charge in [-0.1, -0.05) is 6.92 Å². The molecule has 1 unspecified atom stereocenters. The van der Waals surface area contributed by atoms with E-state index in [-0.39, 0.29) is 0 Å². The molecule has 3 nitrogen and oxygen atoms in total. The van der Waals surface area contributed by atoms with Gasteiger partial charge in [-0.2, -0.15) is 0 Å². The molecule has 0 radical (unpaired) electrons. The van der Waals surface area contributed by atoms with Crippen LogP contribution in [0.5, 0.6) is 0 Å². The number of rotatable bonds is 6. The number of nitrogens with one attached hydrogen (secondary N) is 2. The Morgan fingerprint density at radius 1 is 1.40 bits per heavy atom. The Labute approximate surface area is 96.3 Å². The van der Waals surface area contributed by atoms with Crippen molar-refractivity contribution in [2.24, 2.45) is 0 Å². The monoisotopic (exact) mass is 227 g/mol. The van der Waals surface area contributed by atoms with Gasteiger partial charge in [0.25, 0.3) is 0 Å². The van der Waals surface area contributed by atoms with Crippen LogP contribution in [0.15, 0.2) is 0 Å². The summed E-state index contributed by atoms with van der Waals surface area (Å²) in [4.78, 5) is 5.77.